The lowest BCUT2D eigenvalue weighted by Crippen LogP contribution is -2.04. The number of hydrogen-bond donors (Lipinski definition) is 1. The molecule has 1 aromatic carbocycles. The van der Waals surface area contributed by atoms with Gasteiger partial charge in [-0.05, 0) is 6.92 Å². The number of nitrogens with two attached hydrogens (primary N) is 1. The van der Waals surface area contributed by atoms with Crippen LogP contribution in [0, 0.1) is 18.3 Å². The Morgan fingerprint density at radius 1 is 1.40 bits per heavy atom. The Morgan fingerprint density at radius 3 is 2.70 bits per heavy atom. The molecule has 2 aromatic rings. The Balaban J connectivity index is 2.02. The first-order chi connectivity index (χ1) is 9.60. The predicted molar refractivity (Wildman–Crippen MR) is 77.4 cm³/mol. The molecule has 0 amide bonds. The monoisotopic (exact) mass is 284 g/mol. The van der Waals surface area contributed by atoms with Gasteiger partial charge in [0.2, 0.25) is 0 Å². The molecule has 0 atom stereocenters. The molecule has 0 fully saturated rings. The fraction of sp³-hybridized carbons (Fsp3) is 0.143. The van der Waals surface area contributed by atoms with E-state index in [2.05, 4.69) is 9.97 Å². The molecule has 0 radical (unpaired) electrons. The van der Waals surface area contributed by atoms with Crippen LogP contribution in [0.5, 0.6) is 0 Å². The summed E-state index contributed by atoms with van der Waals surface area (Å²) in [6, 6.07) is 9.28. The zero-order valence-electron chi connectivity index (χ0n) is 10.8. The maximum absolute atomic E-state index is 12.0. The molecular formula is C14H12N4OS. The summed E-state index contributed by atoms with van der Waals surface area (Å²) >= 11 is 1.20. The number of Topliss-reactive ketones (excluding diaryl/α,β-unsaturated/α-hetero) is 1. The lowest BCUT2D eigenvalue weighted by molar-refractivity contribution is 0.102. The maximum atomic E-state index is 12.0. The molecule has 2 N–H and O–H groups in total. The van der Waals surface area contributed by atoms with E-state index < -0.39 is 0 Å². The molecule has 2 rings (SSSR count). The van der Waals surface area contributed by atoms with Crippen molar-refractivity contribution in [1.29, 1.82) is 5.26 Å². The van der Waals surface area contributed by atoms with Gasteiger partial charge in [-0.25, -0.2) is 9.97 Å². The zero-order chi connectivity index (χ0) is 14.5. The second-order valence-corrected chi connectivity index (χ2v) is 5.08. The topological polar surface area (TPSA) is 92.7 Å². The van der Waals surface area contributed by atoms with Crippen molar-refractivity contribution in [1.82, 2.24) is 9.97 Å². The number of carbonyl (C=O) groups excluding carboxylic acids is 1. The van der Waals surface area contributed by atoms with E-state index >= 15 is 0 Å². The van der Waals surface area contributed by atoms with Crippen LogP contribution in [-0.2, 0) is 0 Å². The van der Waals surface area contributed by atoms with Gasteiger partial charge in [-0.15, -0.1) is 0 Å². The van der Waals surface area contributed by atoms with Crippen molar-refractivity contribution in [3.63, 3.8) is 0 Å². The summed E-state index contributed by atoms with van der Waals surface area (Å²) in [7, 11) is 0. The van der Waals surface area contributed by atoms with Crippen LogP contribution >= 0.6 is 11.8 Å². The zero-order valence-corrected chi connectivity index (χ0v) is 11.6. The minimum Gasteiger partial charge on any atom is -0.382 e. The number of nitriles is 1. The van der Waals surface area contributed by atoms with Crippen molar-refractivity contribution in [2.45, 2.75) is 12.1 Å². The van der Waals surface area contributed by atoms with E-state index in [9.17, 15) is 4.79 Å². The first kappa shape index (κ1) is 14.0. The highest BCUT2D eigenvalue weighted by molar-refractivity contribution is 7.99. The summed E-state index contributed by atoms with van der Waals surface area (Å²) in [6.45, 7) is 1.97. The van der Waals surface area contributed by atoms with Crippen molar-refractivity contribution in [2.24, 2.45) is 0 Å². The minimum absolute atomic E-state index is 0.00142. The molecule has 1 heterocycles. The molecule has 0 unspecified atom stereocenters. The summed E-state index contributed by atoms with van der Waals surface area (Å²) in [5, 5.41) is 9.12. The standard InChI is InChI=1S/C14H12N4OS/c1-9-2-4-10(5-3-9)12(19)8-20-14-17-7-11(6-15)13(16)18-14/h2-5,7H,8H2,1H3,(H2,16,17,18). The van der Waals surface area contributed by atoms with E-state index in [-0.39, 0.29) is 22.9 Å². The summed E-state index contributed by atoms with van der Waals surface area (Å²) in [6.07, 6.45) is 1.36. The van der Waals surface area contributed by atoms with Crippen molar-refractivity contribution in [3.8, 4) is 6.07 Å². The van der Waals surface area contributed by atoms with Crippen LogP contribution in [0.2, 0.25) is 0 Å². The Morgan fingerprint density at radius 2 is 2.10 bits per heavy atom. The van der Waals surface area contributed by atoms with Crippen LogP contribution in [0.3, 0.4) is 0 Å². The highest BCUT2D eigenvalue weighted by Crippen LogP contribution is 2.17. The Bertz CT molecular complexity index is 677. The molecule has 5 nitrogen and oxygen atoms in total. The summed E-state index contributed by atoms with van der Waals surface area (Å²) in [5.41, 5.74) is 7.60. The van der Waals surface area contributed by atoms with E-state index in [4.69, 9.17) is 11.0 Å². The van der Waals surface area contributed by atoms with Crippen molar-refractivity contribution >= 4 is 23.4 Å². The van der Waals surface area contributed by atoms with E-state index in [1.54, 1.807) is 12.1 Å². The van der Waals surface area contributed by atoms with Crippen LogP contribution in [0.4, 0.5) is 5.82 Å². The molecule has 1 aromatic heterocycles. The summed E-state index contributed by atoms with van der Waals surface area (Å²) < 4.78 is 0. The van der Waals surface area contributed by atoms with Gasteiger partial charge in [-0.1, -0.05) is 41.6 Å². The molecule has 6 heteroatoms. The Kier molecular flexibility index (Phi) is 4.33. The molecule has 0 spiro atoms. The lowest BCUT2D eigenvalue weighted by atomic mass is 10.1. The van der Waals surface area contributed by atoms with Crippen LogP contribution in [0.1, 0.15) is 21.5 Å². The smallest absolute Gasteiger partial charge is 0.189 e. The third-order valence-corrected chi connectivity index (χ3v) is 3.48. The van der Waals surface area contributed by atoms with E-state index in [1.807, 2.05) is 25.1 Å². The van der Waals surface area contributed by atoms with Crippen molar-refractivity contribution in [2.75, 3.05) is 11.5 Å². The number of thioether (sulfide) groups is 1. The number of aryl methyl sites for hydroxylation is 1. The molecule has 100 valence electrons. The minimum atomic E-state index is 0.00142. The van der Waals surface area contributed by atoms with Crippen LogP contribution in [0.25, 0.3) is 0 Å². The molecule has 0 saturated carbocycles. The lowest BCUT2D eigenvalue weighted by Gasteiger charge is -2.02. The van der Waals surface area contributed by atoms with Crippen molar-refractivity contribution < 1.29 is 4.79 Å². The molecule has 0 saturated heterocycles. The van der Waals surface area contributed by atoms with Gasteiger partial charge in [0.15, 0.2) is 10.9 Å². The Hall–Kier alpha value is -2.39. The molecule has 0 aliphatic carbocycles. The van der Waals surface area contributed by atoms with Gasteiger partial charge in [0.1, 0.15) is 17.5 Å². The Labute approximate surface area is 120 Å². The summed E-state index contributed by atoms with van der Waals surface area (Å²) in [4.78, 5) is 19.9. The average molecular weight is 284 g/mol. The molecule has 0 aliphatic heterocycles. The third kappa shape index (κ3) is 3.33. The second-order valence-electron chi connectivity index (χ2n) is 4.14. The van der Waals surface area contributed by atoms with Gasteiger partial charge in [-0.3, -0.25) is 4.79 Å². The van der Waals surface area contributed by atoms with E-state index in [0.29, 0.717) is 10.7 Å². The van der Waals surface area contributed by atoms with Gasteiger partial charge >= 0.3 is 0 Å². The molecule has 20 heavy (non-hydrogen) atoms. The van der Waals surface area contributed by atoms with Crippen LogP contribution < -0.4 is 5.73 Å². The number of carbonyl (C=O) groups is 1. The molecule has 0 bridgehead atoms. The van der Waals surface area contributed by atoms with Crippen molar-refractivity contribution in [3.05, 3.63) is 47.2 Å². The van der Waals surface area contributed by atoms with Gasteiger partial charge < -0.3 is 5.73 Å². The SMILES string of the molecule is Cc1ccc(C(=O)CSc2ncc(C#N)c(N)n2)cc1. The highest BCUT2D eigenvalue weighted by Gasteiger charge is 2.09. The van der Waals surface area contributed by atoms with Gasteiger partial charge in [-0.2, -0.15) is 5.26 Å². The second kappa shape index (κ2) is 6.17. The third-order valence-electron chi connectivity index (χ3n) is 2.62. The summed E-state index contributed by atoms with van der Waals surface area (Å²) in [5.74, 6) is 0.364. The number of benzene rings is 1. The number of ketones is 1. The average Bonchev–Trinajstić information content (AvgIpc) is 2.45. The fourth-order valence-corrected chi connectivity index (χ4v) is 2.20. The molecular weight excluding hydrogens is 272 g/mol. The number of rotatable bonds is 4. The van der Waals surface area contributed by atoms with Crippen LogP contribution in [-0.4, -0.2) is 21.5 Å². The molecule has 0 aliphatic rings. The quantitative estimate of drug-likeness (QED) is 0.525. The largest absolute Gasteiger partial charge is 0.382 e. The van der Waals surface area contributed by atoms with Gasteiger partial charge in [0.05, 0.1) is 11.9 Å². The van der Waals surface area contributed by atoms with Gasteiger partial charge in [0.25, 0.3) is 0 Å². The first-order valence-corrected chi connectivity index (χ1v) is 6.84. The number of anilines is 1. The van der Waals surface area contributed by atoms with Crippen LogP contribution in [0.15, 0.2) is 35.6 Å². The maximum Gasteiger partial charge on any atom is 0.189 e. The predicted octanol–water partition coefficient (Wildman–Crippen LogP) is 2.21. The number of nitrogens with zero attached hydrogens (tertiary/aromatic N) is 3. The first-order valence-electron chi connectivity index (χ1n) is 5.85. The number of hydrogen-bond acceptors (Lipinski definition) is 6. The number of aromatic nitrogens is 2. The van der Waals surface area contributed by atoms with Gasteiger partial charge in [0, 0.05) is 5.56 Å². The fourth-order valence-electron chi connectivity index (χ4n) is 1.49. The van der Waals surface area contributed by atoms with E-state index in [1.165, 1.54) is 18.0 Å². The highest BCUT2D eigenvalue weighted by atomic mass is 32.2. The normalized spacial score (nSPS) is 10.0. The van der Waals surface area contributed by atoms with E-state index in [0.717, 1.165) is 5.56 Å². The number of nitrogen functional groups attached to an aromatic ring is 1.